The molecule has 3 heterocycles. The highest BCUT2D eigenvalue weighted by atomic mass is 16.3. The number of hydrogen-bond donors (Lipinski definition) is 1. The van der Waals surface area contributed by atoms with Gasteiger partial charge in [0.1, 0.15) is 5.52 Å². The lowest BCUT2D eigenvalue weighted by molar-refractivity contribution is 0.0932. The molecule has 1 aromatic carbocycles. The quantitative estimate of drug-likeness (QED) is 0.925. The number of aromatic nitrogens is 1. The highest BCUT2D eigenvalue weighted by Crippen LogP contribution is 2.21. The summed E-state index contributed by atoms with van der Waals surface area (Å²) in [5.41, 5.74) is 2.11. The summed E-state index contributed by atoms with van der Waals surface area (Å²) >= 11 is 0. The molecule has 1 unspecified atom stereocenters. The average molecular weight is 342 g/mol. The topological polar surface area (TPSA) is 61.6 Å². The second-order valence-electron chi connectivity index (χ2n) is 7.40. The number of carbonyl (C=O) groups is 1. The number of nitrogens with zero attached hydrogens (tertiary/aromatic N) is 3. The molecule has 6 heteroatoms. The van der Waals surface area contributed by atoms with Gasteiger partial charge < -0.3 is 14.6 Å². The molecule has 1 atom stereocenters. The maximum absolute atomic E-state index is 12.6. The molecule has 6 nitrogen and oxygen atoms in total. The Balaban J connectivity index is 1.36. The predicted octanol–water partition coefficient (Wildman–Crippen LogP) is 2.03. The van der Waals surface area contributed by atoms with E-state index >= 15 is 0 Å². The monoisotopic (exact) mass is 342 g/mol. The Morgan fingerprint density at radius 3 is 2.84 bits per heavy atom. The van der Waals surface area contributed by atoms with Crippen LogP contribution in [0.1, 0.15) is 35.5 Å². The van der Waals surface area contributed by atoms with Crippen LogP contribution in [0.5, 0.6) is 0 Å². The lowest BCUT2D eigenvalue weighted by Gasteiger charge is -2.35. The zero-order valence-corrected chi connectivity index (χ0v) is 15.0. The minimum absolute atomic E-state index is 0.0221. The Morgan fingerprint density at radius 2 is 2.04 bits per heavy atom. The van der Waals surface area contributed by atoms with Crippen LogP contribution in [-0.2, 0) is 0 Å². The lowest BCUT2D eigenvalue weighted by Crippen LogP contribution is -2.44. The maximum atomic E-state index is 12.6. The standard InChI is InChI=1S/C19H26N4O2/c1-13-20-17-4-3-14(11-18(17)25-13)19(24)21-15-5-10-23(12-15)16-6-8-22(2)9-7-16/h3-4,11,15-16H,5-10,12H2,1-2H3,(H,21,24). The predicted molar refractivity (Wildman–Crippen MR) is 96.7 cm³/mol. The first-order valence-corrected chi connectivity index (χ1v) is 9.19. The smallest absolute Gasteiger partial charge is 0.251 e. The summed E-state index contributed by atoms with van der Waals surface area (Å²) in [6.45, 7) is 6.21. The molecule has 4 rings (SSSR count). The van der Waals surface area contributed by atoms with E-state index in [9.17, 15) is 4.79 Å². The summed E-state index contributed by atoms with van der Waals surface area (Å²) in [5, 5.41) is 3.19. The molecule has 0 bridgehead atoms. The van der Waals surface area contributed by atoms with Gasteiger partial charge in [0, 0.05) is 37.7 Å². The fourth-order valence-electron chi connectivity index (χ4n) is 4.05. The average Bonchev–Trinajstić information content (AvgIpc) is 3.20. The number of hydrogen-bond acceptors (Lipinski definition) is 5. The van der Waals surface area contributed by atoms with Crippen molar-refractivity contribution in [1.29, 1.82) is 0 Å². The third kappa shape index (κ3) is 3.55. The minimum Gasteiger partial charge on any atom is -0.441 e. The fourth-order valence-corrected chi connectivity index (χ4v) is 4.05. The molecule has 25 heavy (non-hydrogen) atoms. The van der Waals surface area contributed by atoms with E-state index in [0.29, 0.717) is 23.1 Å². The molecule has 134 valence electrons. The Morgan fingerprint density at radius 1 is 1.24 bits per heavy atom. The number of carbonyl (C=O) groups excluding carboxylic acids is 1. The van der Waals surface area contributed by atoms with Crippen molar-refractivity contribution < 1.29 is 9.21 Å². The first-order chi connectivity index (χ1) is 12.1. The number of nitrogens with one attached hydrogen (secondary N) is 1. The van der Waals surface area contributed by atoms with E-state index in [2.05, 4.69) is 27.1 Å². The number of oxazole rings is 1. The molecule has 2 fully saturated rings. The first-order valence-electron chi connectivity index (χ1n) is 9.19. The molecule has 0 spiro atoms. The van der Waals surface area contributed by atoms with E-state index in [4.69, 9.17) is 4.42 Å². The number of piperidine rings is 1. The van der Waals surface area contributed by atoms with Gasteiger partial charge in [-0.05, 0) is 57.6 Å². The van der Waals surface area contributed by atoms with E-state index in [1.54, 1.807) is 6.07 Å². The molecule has 0 saturated carbocycles. The SMILES string of the molecule is Cc1nc2ccc(C(=O)NC3CCN(C4CCN(C)CC4)C3)cc2o1. The van der Waals surface area contributed by atoms with Crippen LogP contribution in [0.25, 0.3) is 11.1 Å². The lowest BCUT2D eigenvalue weighted by atomic mass is 10.0. The van der Waals surface area contributed by atoms with Gasteiger partial charge in [-0.2, -0.15) is 0 Å². The summed E-state index contributed by atoms with van der Waals surface area (Å²) < 4.78 is 5.53. The van der Waals surface area contributed by atoms with Crippen LogP contribution in [-0.4, -0.2) is 66.0 Å². The summed E-state index contributed by atoms with van der Waals surface area (Å²) in [4.78, 5) is 21.8. The molecule has 2 aliphatic heterocycles. The molecular weight excluding hydrogens is 316 g/mol. The van der Waals surface area contributed by atoms with Crippen molar-refractivity contribution in [3.63, 3.8) is 0 Å². The molecule has 1 amide bonds. The normalized spacial score (nSPS) is 23.4. The van der Waals surface area contributed by atoms with Crippen LogP contribution in [0.2, 0.25) is 0 Å². The molecule has 2 aromatic rings. The van der Waals surface area contributed by atoms with Crippen LogP contribution in [0, 0.1) is 6.92 Å². The number of benzene rings is 1. The van der Waals surface area contributed by atoms with Gasteiger partial charge in [-0.1, -0.05) is 0 Å². The summed E-state index contributed by atoms with van der Waals surface area (Å²) in [5.74, 6) is 0.600. The Labute approximate surface area is 148 Å². The van der Waals surface area contributed by atoms with Crippen LogP contribution in [0.15, 0.2) is 22.6 Å². The van der Waals surface area contributed by atoms with Crippen molar-refractivity contribution in [2.45, 2.75) is 38.3 Å². The van der Waals surface area contributed by atoms with E-state index < -0.39 is 0 Å². The largest absolute Gasteiger partial charge is 0.441 e. The minimum atomic E-state index is -0.0221. The summed E-state index contributed by atoms with van der Waals surface area (Å²) in [7, 11) is 2.19. The van der Waals surface area contributed by atoms with E-state index in [1.165, 1.54) is 25.9 Å². The number of amides is 1. The van der Waals surface area contributed by atoms with Crippen molar-refractivity contribution in [2.75, 3.05) is 33.2 Å². The number of likely N-dealkylation sites (tertiary alicyclic amines) is 2. The fraction of sp³-hybridized carbons (Fsp3) is 0.579. The zero-order chi connectivity index (χ0) is 17.4. The van der Waals surface area contributed by atoms with Crippen molar-refractivity contribution in [2.24, 2.45) is 0 Å². The molecule has 0 radical (unpaired) electrons. The maximum Gasteiger partial charge on any atom is 0.251 e. The Kier molecular flexibility index (Phi) is 4.48. The second kappa shape index (κ2) is 6.77. The van der Waals surface area contributed by atoms with Gasteiger partial charge in [0.2, 0.25) is 0 Å². The van der Waals surface area contributed by atoms with Crippen molar-refractivity contribution >= 4 is 17.0 Å². The van der Waals surface area contributed by atoms with Crippen molar-refractivity contribution in [3.8, 4) is 0 Å². The van der Waals surface area contributed by atoms with Crippen LogP contribution >= 0.6 is 0 Å². The van der Waals surface area contributed by atoms with Crippen LogP contribution in [0.4, 0.5) is 0 Å². The zero-order valence-electron chi connectivity index (χ0n) is 15.0. The number of fused-ring (bicyclic) bond motifs is 1. The summed E-state index contributed by atoms with van der Waals surface area (Å²) in [6.07, 6.45) is 3.50. The highest BCUT2D eigenvalue weighted by Gasteiger charge is 2.30. The highest BCUT2D eigenvalue weighted by molar-refractivity contribution is 5.97. The Hall–Kier alpha value is -1.92. The van der Waals surface area contributed by atoms with Crippen LogP contribution < -0.4 is 5.32 Å². The second-order valence-corrected chi connectivity index (χ2v) is 7.40. The van der Waals surface area contributed by atoms with Gasteiger partial charge in [0.05, 0.1) is 0 Å². The molecule has 2 saturated heterocycles. The van der Waals surface area contributed by atoms with Crippen molar-refractivity contribution in [1.82, 2.24) is 20.1 Å². The molecular formula is C19H26N4O2. The third-order valence-electron chi connectivity index (χ3n) is 5.52. The molecule has 2 aliphatic rings. The van der Waals surface area contributed by atoms with Gasteiger partial charge in [-0.3, -0.25) is 9.69 Å². The molecule has 0 aliphatic carbocycles. The molecule has 1 N–H and O–H groups in total. The van der Waals surface area contributed by atoms with E-state index in [1.807, 2.05) is 19.1 Å². The van der Waals surface area contributed by atoms with Gasteiger partial charge in [0.25, 0.3) is 5.91 Å². The van der Waals surface area contributed by atoms with Gasteiger partial charge in [-0.25, -0.2) is 4.98 Å². The third-order valence-corrected chi connectivity index (χ3v) is 5.52. The van der Waals surface area contributed by atoms with Crippen LogP contribution in [0.3, 0.4) is 0 Å². The number of aryl methyl sites for hydroxylation is 1. The van der Waals surface area contributed by atoms with Gasteiger partial charge in [-0.15, -0.1) is 0 Å². The molecule has 1 aromatic heterocycles. The van der Waals surface area contributed by atoms with E-state index in [0.717, 1.165) is 25.0 Å². The van der Waals surface area contributed by atoms with Gasteiger partial charge >= 0.3 is 0 Å². The van der Waals surface area contributed by atoms with Crippen molar-refractivity contribution in [3.05, 3.63) is 29.7 Å². The first kappa shape index (κ1) is 16.5. The summed E-state index contributed by atoms with van der Waals surface area (Å²) in [6, 6.07) is 6.36. The Bertz CT molecular complexity index is 764. The van der Waals surface area contributed by atoms with Gasteiger partial charge in [0.15, 0.2) is 11.5 Å². The number of rotatable bonds is 3. The van der Waals surface area contributed by atoms with E-state index in [-0.39, 0.29) is 11.9 Å².